The van der Waals surface area contributed by atoms with Crippen molar-refractivity contribution < 1.29 is 38.1 Å². The second kappa shape index (κ2) is 17.7. The number of β-lactam (4-membered cyclic amide) rings is 1. The lowest BCUT2D eigenvalue weighted by Gasteiger charge is -2.49. The monoisotopic (exact) mass is 744 g/mol. The fourth-order valence-corrected chi connectivity index (χ4v) is 6.75. The molecule has 16 heteroatoms. The number of ether oxygens (including phenoxy) is 5. The van der Waals surface area contributed by atoms with Gasteiger partial charge in [-0.15, -0.1) is 11.8 Å². The zero-order valence-electron chi connectivity index (χ0n) is 26.9. The number of aromatic nitrogens is 2. The number of nitrogens with one attached hydrogen (secondary N) is 2. The highest BCUT2D eigenvalue weighted by Gasteiger charge is 2.54. The van der Waals surface area contributed by atoms with Gasteiger partial charge in [0.15, 0.2) is 0 Å². The Morgan fingerprint density at radius 3 is 2.64 bits per heavy atom. The molecule has 5 rings (SSSR count). The van der Waals surface area contributed by atoms with Crippen molar-refractivity contribution >= 4 is 63.7 Å². The fraction of sp³-hybridized carbons (Fsp3) is 0.324. The van der Waals surface area contributed by atoms with E-state index in [1.165, 1.54) is 22.7 Å². The molecule has 0 spiro atoms. The molecule has 50 heavy (non-hydrogen) atoms. The number of H-pyrrole nitrogens is 1. The molecule has 3 aromatic rings. The zero-order chi connectivity index (χ0) is 35.6. The molecule has 2 amide bonds. The van der Waals surface area contributed by atoms with Gasteiger partial charge in [-0.2, -0.15) is 0 Å². The Morgan fingerprint density at radius 1 is 1.08 bits per heavy atom. The first-order valence-electron chi connectivity index (χ1n) is 15.4. The van der Waals surface area contributed by atoms with E-state index >= 15 is 0 Å². The van der Waals surface area contributed by atoms with Gasteiger partial charge in [-0.1, -0.05) is 41.9 Å². The standard InChI is InChI=1S/C34H34Cl2N4O9S/c1-3-10-49-34(44)29-20(19-50-33-28(32(43)40(29)33)38-27(41)18-47-15-14-46-13-12-45-2)5-4-11-48-26-9-7-22(36)17-24(26)30-37-25-8-6-21(35)16-23(25)31(42)39-30/h3-9,16-17,28,33H,1,10-15,18-19H2,2H3,(H,38,41)(H,37,39,42)/t28-,33?/m1/s1. The Balaban J connectivity index is 1.26. The maximum atomic E-state index is 13.2. The van der Waals surface area contributed by atoms with E-state index in [-0.39, 0.29) is 43.5 Å². The normalized spacial score (nSPS) is 17.1. The third kappa shape index (κ3) is 8.94. The van der Waals surface area contributed by atoms with Crippen molar-refractivity contribution in [3.05, 3.63) is 92.9 Å². The van der Waals surface area contributed by atoms with Gasteiger partial charge in [0.1, 0.15) is 48.5 Å². The van der Waals surface area contributed by atoms with Crippen LogP contribution in [0.1, 0.15) is 0 Å². The van der Waals surface area contributed by atoms with E-state index in [1.807, 2.05) is 0 Å². The van der Waals surface area contributed by atoms with Gasteiger partial charge in [0.2, 0.25) is 5.91 Å². The van der Waals surface area contributed by atoms with Crippen LogP contribution >= 0.6 is 35.0 Å². The first-order chi connectivity index (χ1) is 24.2. The Labute approximate surface area is 301 Å². The van der Waals surface area contributed by atoms with Crippen LogP contribution < -0.4 is 15.6 Å². The molecule has 3 heterocycles. The number of hydrogen-bond acceptors (Lipinski definition) is 11. The second-order valence-electron chi connectivity index (χ2n) is 10.8. The van der Waals surface area contributed by atoms with E-state index in [9.17, 15) is 19.2 Å². The number of benzene rings is 2. The van der Waals surface area contributed by atoms with Gasteiger partial charge in [-0.25, -0.2) is 9.78 Å². The van der Waals surface area contributed by atoms with Crippen LogP contribution in [0.5, 0.6) is 5.75 Å². The molecule has 2 aliphatic heterocycles. The van der Waals surface area contributed by atoms with Crippen LogP contribution in [0.3, 0.4) is 0 Å². The quantitative estimate of drug-likeness (QED) is 0.0894. The van der Waals surface area contributed by atoms with Crippen LogP contribution in [0.2, 0.25) is 10.0 Å². The van der Waals surface area contributed by atoms with Crippen molar-refractivity contribution in [1.82, 2.24) is 20.2 Å². The highest BCUT2D eigenvalue weighted by atomic mass is 35.5. The number of halogens is 2. The number of fused-ring (bicyclic) bond motifs is 2. The average Bonchev–Trinajstić information content (AvgIpc) is 3.11. The Morgan fingerprint density at radius 2 is 1.84 bits per heavy atom. The molecule has 1 fully saturated rings. The van der Waals surface area contributed by atoms with Crippen molar-refractivity contribution in [2.75, 3.05) is 59.1 Å². The SMILES string of the molecule is C=CCOC(=O)C1=C(C=CCOc2ccc(Cl)cc2-c2nc3ccc(Cl)cc3c(=O)[nH]2)CSC2[C@H](NC(=O)COCCOCCOC)C(=O)N12. The molecule has 0 bridgehead atoms. The van der Waals surface area contributed by atoms with Crippen LogP contribution in [0.4, 0.5) is 0 Å². The van der Waals surface area contributed by atoms with Crippen molar-refractivity contribution in [1.29, 1.82) is 0 Å². The maximum Gasteiger partial charge on any atom is 0.355 e. The number of aromatic amines is 1. The van der Waals surface area contributed by atoms with E-state index in [0.29, 0.717) is 63.4 Å². The summed E-state index contributed by atoms with van der Waals surface area (Å²) in [6, 6.07) is 8.94. The number of thioether (sulfide) groups is 1. The smallest absolute Gasteiger partial charge is 0.355 e. The molecular formula is C34H34Cl2N4O9S. The first kappa shape index (κ1) is 37.1. The number of nitrogens with zero attached hydrogens (tertiary/aromatic N) is 2. The van der Waals surface area contributed by atoms with Crippen molar-refractivity contribution in [3.63, 3.8) is 0 Å². The molecule has 0 saturated carbocycles. The third-order valence-corrected chi connectivity index (χ3v) is 9.17. The molecule has 2 aliphatic rings. The molecule has 2 aromatic carbocycles. The molecule has 2 N–H and O–H groups in total. The van der Waals surface area contributed by atoms with E-state index in [1.54, 1.807) is 55.7 Å². The van der Waals surface area contributed by atoms with Crippen LogP contribution in [0.25, 0.3) is 22.3 Å². The minimum atomic E-state index is -0.833. The molecule has 1 unspecified atom stereocenters. The van der Waals surface area contributed by atoms with Crippen LogP contribution in [-0.4, -0.2) is 103 Å². The summed E-state index contributed by atoms with van der Waals surface area (Å²) < 4.78 is 26.9. The summed E-state index contributed by atoms with van der Waals surface area (Å²) >= 11 is 13.7. The first-order valence-corrected chi connectivity index (χ1v) is 17.2. The summed E-state index contributed by atoms with van der Waals surface area (Å²) in [5.74, 6) is -0.602. The van der Waals surface area contributed by atoms with Crippen molar-refractivity contribution in [3.8, 4) is 17.1 Å². The predicted octanol–water partition coefficient (Wildman–Crippen LogP) is 3.89. The summed E-state index contributed by atoms with van der Waals surface area (Å²) in [7, 11) is 1.57. The number of carbonyl (C=O) groups excluding carboxylic acids is 3. The van der Waals surface area contributed by atoms with Gasteiger partial charge >= 0.3 is 5.97 Å². The van der Waals surface area contributed by atoms with E-state index < -0.39 is 29.2 Å². The summed E-state index contributed by atoms with van der Waals surface area (Å²) in [6.45, 7) is 4.72. The highest BCUT2D eigenvalue weighted by Crippen LogP contribution is 2.41. The van der Waals surface area contributed by atoms with Gasteiger partial charge in [0.05, 0.1) is 42.9 Å². The van der Waals surface area contributed by atoms with Crippen LogP contribution in [0.15, 0.2) is 77.3 Å². The van der Waals surface area contributed by atoms with Gasteiger partial charge in [-0.3, -0.25) is 19.3 Å². The summed E-state index contributed by atoms with van der Waals surface area (Å²) in [4.78, 5) is 60.3. The van der Waals surface area contributed by atoms with Gasteiger partial charge in [0.25, 0.3) is 11.5 Å². The van der Waals surface area contributed by atoms with E-state index in [4.69, 9.17) is 46.9 Å². The van der Waals surface area contributed by atoms with Crippen LogP contribution in [0, 0.1) is 0 Å². The minimum absolute atomic E-state index is 0.0494. The average molecular weight is 746 g/mol. The Hall–Kier alpha value is -4.18. The molecule has 1 saturated heterocycles. The van der Waals surface area contributed by atoms with Crippen molar-refractivity contribution in [2.24, 2.45) is 0 Å². The minimum Gasteiger partial charge on any atom is -0.489 e. The summed E-state index contributed by atoms with van der Waals surface area (Å²) in [5, 5.41) is 3.36. The van der Waals surface area contributed by atoms with E-state index in [2.05, 4.69) is 21.9 Å². The Kier molecular flexibility index (Phi) is 13.1. The molecule has 264 valence electrons. The predicted molar refractivity (Wildman–Crippen MR) is 189 cm³/mol. The maximum absolute atomic E-state index is 13.2. The molecule has 2 atom stereocenters. The van der Waals surface area contributed by atoms with Crippen LogP contribution in [-0.2, 0) is 33.3 Å². The number of allylic oxidation sites excluding steroid dienone is 1. The number of rotatable bonds is 17. The Bertz CT molecular complexity index is 1880. The topological polar surface area (TPSA) is 158 Å². The number of methoxy groups -OCH3 is 1. The number of carbonyl (C=O) groups is 3. The highest BCUT2D eigenvalue weighted by molar-refractivity contribution is 8.00. The lowest BCUT2D eigenvalue weighted by Crippen LogP contribution is -2.70. The number of esters is 1. The fourth-order valence-electron chi connectivity index (χ4n) is 5.09. The summed E-state index contributed by atoms with van der Waals surface area (Å²) in [5.41, 5.74) is 1.16. The molecule has 1 aromatic heterocycles. The summed E-state index contributed by atoms with van der Waals surface area (Å²) in [6.07, 6.45) is 4.80. The molecule has 0 radical (unpaired) electrons. The van der Waals surface area contributed by atoms with E-state index in [0.717, 1.165) is 0 Å². The lowest BCUT2D eigenvalue weighted by atomic mass is 10.0. The van der Waals surface area contributed by atoms with Gasteiger partial charge in [-0.05, 0) is 48.0 Å². The van der Waals surface area contributed by atoms with Gasteiger partial charge in [0, 0.05) is 22.9 Å². The zero-order valence-corrected chi connectivity index (χ0v) is 29.3. The molecule has 13 nitrogen and oxygen atoms in total. The molecule has 0 aliphatic carbocycles. The number of amides is 2. The van der Waals surface area contributed by atoms with Crippen molar-refractivity contribution in [2.45, 2.75) is 11.4 Å². The molecular weight excluding hydrogens is 711 g/mol. The lowest BCUT2D eigenvalue weighted by molar-refractivity contribution is -0.152. The third-order valence-electron chi connectivity index (χ3n) is 7.40. The second-order valence-corrected chi connectivity index (χ2v) is 12.8. The largest absolute Gasteiger partial charge is 0.489 e. The number of hydrogen-bond donors (Lipinski definition) is 2. The van der Waals surface area contributed by atoms with Gasteiger partial charge < -0.3 is 34.0 Å².